The van der Waals surface area contributed by atoms with Crippen LogP contribution in [0.3, 0.4) is 0 Å². The molecule has 0 unspecified atom stereocenters. The Hall–Kier alpha value is -3.04. The summed E-state index contributed by atoms with van der Waals surface area (Å²) in [5.41, 5.74) is 0.215. The number of alkyl halides is 2. The van der Waals surface area contributed by atoms with Crippen LogP contribution in [0.1, 0.15) is 37.1 Å². The highest BCUT2D eigenvalue weighted by Crippen LogP contribution is 2.46. The fourth-order valence-corrected chi connectivity index (χ4v) is 8.84. The molecule has 12 nitrogen and oxygen atoms in total. The van der Waals surface area contributed by atoms with E-state index in [0.717, 1.165) is 23.2 Å². The predicted octanol–water partition coefficient (Wildman–Crippen LogP) is 4.45. The maximum Gasteiger partial charge on any atom is 0.291 e. The number of sulfonamides is 1. The van der Waals surface area contributed by atoms with Gasteiger partial charge in [0.1, 0.15) is 18.0 Å². The minimum Gasteiger partial charge on any atom is -0.366 e. The van der Waals surface area contributed by atoms with Gasteiger partial charge in [-0.1, -0.05) is 31.0 Å². The Morgan fingerprint density at radius 3 is 2.46 bits per heavy atom. The number of fused-ring (bicyclic) bond motifs is 1. The number of aryl methyl sites for hydroxylation is 1. The molecule has 1 aliphatic heterocycles. The molecule has 0 radical (unpaired) electrons. The number of nitrogens with zero attached hydrogens (tertiary/aromatic N) is 8. The van der Waals surface area contributed by atoms with Gasteiger partial charge in [-0.2, -0.15) is 14.7 Å². The van der Waals surface area contributed by atoms with Crippen molar-refractivity contribution in [3.05, 3.63) is 17.1 Å². The van der Waals surface area contributed by atoms with Crippen molar-refractivity contribution in [2.24, 2.45) is 13.0 Å². The molecule has 46 heavy (non-hydrogen) atoms. The van der Waals surface area contributed by atoms with E-state index in [1.54, 1.807) is 17.8 Å². The molecule has 0 N–H and O–H groups in total. The minimum atomic E-state index is -4.29. The SMILES string of the molecule is Cn1nc(-c2nnc(C(F)F)s2)c2cc(S(=O)(=O)N(COCC[Si](C)(C)C)C3(C#N)CC3)cc(N3CCN(C(=O)C4CC4)CC3)c21. The zero-order chi connectivity index (χ0) is 33.0. The molecule has 2 saturated carbocycles. The smallest absolute Gasteiger partial charge is 0.291 e. The summed E-state index contributed by atoms with van der Waals surface area (Å²) in [6, 6.07) is 6.12. The number of nitriles is 1. The molecule has 2 aromatic heterocycles. The highest BCUT2D eigenvalue weighted by Gasteiger charge is 2.54. The number of anilines is 1. The lowest BCUT2D eigenvalue weighted by atomic mass is 10.1. The number of rotatable bonds is 12. The molecule has 0 atom stereocenters. The summed E-state index contributed by atoms with van der Waals surface area (Å²) in [4.78, 5) is 16.6. The van der Waals surface area contributed by atoms with Crippen molar-refractivity contribution in [2.45, 2.75) is 68.2 Å². The number of piperazine rings is 1. The summed E-state index contributed by atoms with van der Waals surface area (Å²) in [5, 5.41) is 22.3. The molecule has 1 aromatic carbocycles. The third-order valence-corrected chi connectivity index (χ3v) is 13.3. The monoisotopic (exact) mass is 692 g/mol. The lowest BCUT2D eigenvalue weighted by molar-refractivity contribution is -0.132. The van der Waals surface area contributed by atoms with Crippen LogP contribution < -0.4 is 4.90 Å². The highest BCUT2D eigenvalue weighted by atomic mass is 32.2. The molecule has 17 heteroatoms. The van der Waals surface area contributed by atoms with Crippen LogP contribution in [-0.4, -0.2) is 96.6 Å². The number of amides is 1. The van der Waals surface area contributed by atoms with Crippen LogP contribution >= 0.6 is 11.3 Å². The number of halogens is 2. The number of ether oxygens (including phenoxy) is 1. The maximum absolute atomic E-state index is 14.5. The van der Waals surface area contributed by atoms with Gasteiger partial charge in [0.25, 0.3) is 6.43 Å². The van der Waals surface area contributed by atoms with E-state index in [0.29, 0.717) is 73.6 Å². The van der Waals surface area contributed by atoms with Crippen LogP contribution in [0.4, 0.5) is 14.5 Å². The molecule has 6 rings (SSSR count). The topological polar surface area (TPSA) is 138 Å². The van der Waals surface area contributed by atoms with Gasteiger partial charge in [-0.3, -0.25) is 9.48 Å². The lowest BCUT2D eigenvalue weighted by Crippen LogP contribution is -2.49. The van der Waals surface area contributed by atoms with Crippen LogP contribution in [0.2, 0.25) is 25.7 Å². The quantitative estimate of drug-likeness (QED) is 0.153. The Morgan fingerprint density at radius 2 is 1.89 bits per heavy atom. The molecule has 1 amide bonds. The van der Waals surface area contributed by atoms with Crippen molar-refractivity contribution in [1.82, 2.24) is 29.2 Å². The van der Waals surface area contributed by atoms with Gasteiger partial charge in [-0.05, 0) is 43.9 Å². The summed E-state index contributed by atoms with van der Waals surface area (Å²) >= 11 is 0.703. The third kappa shape index (κ3) is 6.42. The van der Waals surface area contributed by atoms with Gasteiger partial charge in [0.15, 0.2) is 10.0 Å². The van der Waals surface area contributed by atoms with E-state index < -0.39 is 35.1 Å². The first-order chi connectivity index (χ1) is 21.7. The second-order valence-corrected chi connectivity index (χ2v) is 22.0. The molecule has 3 fully saturated rings. The van der Waals surface area contributed by atoms with Crippen LogP contribution in [-0.2, 0) is 26.6 Å². The van der Waals surface area contributed by atoms with E-state index in [1.807, 2.05) is 9.80 Å². The summed E-state index contributed by atoms with van der Waals surface area (Å²) in [6.45, 7) is 8.65. The average Bonchev–Trinajstić information content (AvgIpc) is 3.93. The van der Waals surface area contributed by atoms with Gasteiger partial charge in [0, 0.05) is 59.2 Å². The molecule has 1 saturated heterocycles. The molecular weight excluding hydrogens is 655 g/mol. The molecule has 3 heterocycles. The first-order valence-electron chi connectivity index (χ1n) is 15.4. The lowest BCUT2D eigenvalue weighted by Gasteiger charge is -2.37. The second kappa shape index (κ2) is 12.2. The number of aromatic nitrogens is 4. The van der Waals surface area contributed by atoms with E-state index in [1.165, 1.54) is 6.07 Å². The number of benzene rings is 1. The van der Waals surface area contributed by atoms with Crippen LogP contribution in [0.15, 0.2) is 17.0 Å². The fourth-order valence-electron chi connectivity index (χ4n) is 5.70. The maximum atomic E-state index is 14.5. The van der Waals surface area contributed by atoms with Gasteiger partial charge in [-0.15, -0.1) is 10.2 Å². The molecule has 3 aromatic rings. The molecule has 0 bridgehead atoms. The van der Waals surface area contributed by atoms with Crippen molar-refractivity contribution in [3.8, 4) is 16.8 Å². The van der Waals surface area contributed by atoms with Gasteiger partial charge >= 0.3 is 0 Å². The number of carbonyl (C=O) groups excluding carboxylic acids is 1. The van der Waals surface area contributed by atoms with Crippen molar-refractivity contribution < 1.29 is 26.7 Å². The first-order valence-corrected chi connectivity index (χ1v) is 21.4. The molecule has 2 aliphatic carbocycles. The van der Waals surface area contributed by atoms with Crippen molar-refractivity contribution in [2.75, 3.05) is 44.4 Å². The zero-order valence-electron chi connectivity index (χ0n) is 26.4. The van der Waals surface area contributed by atoms with E-state index >= 15 is 0 Å². The zero-order valence-corrected chi connectivity index (χ0v) is 29.0. The van der Waals surface area contributed by atoms with Gasteiger partial charge in [0.2, 0.25) is 15.9 Å². The Bertz CT molecular complexity index is 1790. The summed E-state index contributed by atoms with van der Waals surface area (Å²) < 4.78 is 64.5. The normalized spacial score (nSPS) is 18.5. The van der Waals surface area contributed by atoms with Gasteiger partial charge in [-0.25, -0.2) is 17.2 Å². The van der Waals surface area contributed by atoms with E-state index in [9.17, 15) is 27.3 Å². The number of hydrogen-bond acceptors (Lipinski definition) is 10. The third-order valence-electron chi connectivity index (χ3n) is 8.78. The fraction of sp³-hybridized carbons (Fsp3) is 0.621. The van der Waals surface area contributed by atoms with Gasteiger partial charge in [0.05, 0.1) is 22.2 Å². The first kappa shape index (κ1) is 32.9. The van der Waals surface area contributed by atoms with E-state index in [4.69, 9.17) is 4.74 Å². The van der Waals surface area contributed by atoms with Crippen molar-refractivity contribution in [3.63, 3.8) is 0 Å². The molecule has 3 aliphatic rings. The van der Waals surface area contributed by atoms with E-state index in [-0.39, 0.29) is 34.2 Å². The van der Waals surface area contributed by atoms with Gasteiger partial charge < -0.3 is 14.5 Å². The summed E-state index contributed by atoms with van der Waals surface area (Å²) in [5.74, 6) is 0.260. The van der Waals surface area contributed by atoms with E-state index in [2.05, 4.69) is 41.0 Å². The summed E-state index contributed by atoms with van der Waals surface area (Å²) in [6.07, 6.45) is -0.188. The number of carbonyl (C=O) groups is 1. The molecule has 248 valence electrons. The Morgan fingerprint density at radius 1 is 1.20 bits per heavy atom. The second-order valence-electron chi connectivity index (χ2n) is 13.5. The minimum absolute atomic E-state index is 0.0605. The Labute approximate surface area is 272 Å². The largest absolute Gasteiger partial charge is 0.366 e. The Kier molecular flexibility index (Phi) is 8.72. The van der Waals surface area contributed by atoms with Crippen molar-refractivity contribution in [1.29, 1.82) is 5.26 Å². The number of hydrogen-bond donors (Lipinski definition) is 0. The summed E-state index contributed by atoms with van der Waals surface area (Å²) in [7, 11) is -4.02. The van der Waals surface area contributed by atoms with Crippen LogP contribution in [0.5, 0.6) is 0 Å². The molecule has 0 spiro atoms. The van der Waals surface area contributed by atoms with Crippen molar-refractivity contribution >= 4 is 51.9 Å². The van der Waals surface area contributed by atoms with Crippen LogP contribution in [0.25, 0.3) is 21.6 Å². The predicted molar refractivity (Wildman–Crippen MR) is 172 cm³/mol. The standard InChI is InChI=1S/C29H38F2N8O4S2Si/c1-36-24-21(23(35-36)26-33-34-27(44-26)25(30)31)15-20(16-22(24)37-9-11-38(12-10-37)28(40)19-5-6-19)45(41,42)39(29(17-32)7-8-29)18-43-13-14-46(2,3)4/h15-16,19,25H,5-14,18H2,1-4H3. The highest BCUT2D eigenvalue weighted by molar-refractivity contribution is 7.89. The van der Waals surface area contributed by atoms with Crippen LogP contribution in [0, 0.1) is 17.2 Å². The molecular formula is C29H38F2N8O4S2Si. The Balaban J connectivity index is 1.42. The average molecular weight is 693 g/mol.